The van der Waals surface area contributed by atoms with E-state index in [0.717, 1.165) is 38.9 Å². The Balaban J connectivity index is 1.04. The summed E-state index contributed by atoms with van der Waals surface area (Å²) >= 11 is 0. The van der Waals surface area contributed by atoms with Gasteiger partial charge in [0.05, 0.1) is 24.0 Å². The van der Waals surface area contributed by atoms with Crippen LogP contribution in [0.4, 0.5) is 5.69 Å². The SMILES string of the molecule is CC/N=C1/C=C2Oc3cc(NCC)c(C)cc3C(c3ccc(C(=O)NCC(C)(C)SSCOCC#Cc4cn([C@H]5C[C@@H](OCOC)C(COP(=O)(O)OP(=O)(O)OP(=O)(O)O)O5)c(=O)[nH]c4=O)cc3C(=O)O)C2C=C1C. The van der Waals surface area contributed by atoms with Crippen molar-refractivity contribution in [2.45, 2.75) is 77.1 Å². The number of H-pyrrole nitrogens is 1. The van der Waals surface area contributed by atoms with Gasteiger partial charge in [0.25, 0.3) is 11.5 Å². The van der Waals surface area contributed by atoms with Crippen LogP contribution in [0.1, 0.15) is 96.2 Å². The number of carbonyl (C=O) groups is 2. The minimum atomic E-state index is -5.80. The van der Waals surface area contributed by atoms with E-state index in [1.165, 1.54) is 34.8 Å². The first kappa shape index (κ1) is 60.5. The third-order valence-corrected chi connectivity index (χ3v) is 18.2. The zero-order valence-corrected chi connectivity index (χ0v) is 46.4. The number of phosphoric acid groups is 3. The van der Waals surface area contributed by atoms with Gasteiger partial charge in [-0.1, -0.05) is 45.6 Å². The zero-order valence-electron chi connectivity index (χ0n) is 42.1. The number of carboxylic acids is 1. The number of carbonyl (C=O) groups excluding carboxylic acids is 1. The van der Waals surface area contributed by atoms with Gasteiger partial charge >= 0.3 is 35.1 Å². The number of allylic oxidation sites excluding steroid dienone is 3. The molecule has 6 rings (SSSR count). The van der Waals surface area contributed by atoms with Gasteiger partial charge < -0.3 is 59.0 Å². The second kappa shape index (κ2) is 25.9. The van der Waals surface area contributed by atoms with Crippen molar-refractivity contribution < 1.29 is 84.8 Å². The highest BCUT2D eigenvalue weighted by atomic mass is 33.1. The molecule has 0 bridgehead atoms. The molecule has 3 aromatic rings. The Morgan fingerprint density at radius 2 is 1.79 bits per heavy atom. The number of amides is 1. The van der Waals surface area contributed by atoms with Gasteiger partial charge in [0.1, 0.15) is 48.7 Å². The number of hydrogen-bond donors (Lipinski definition) is 8. The van der Waals surface area contributed by atoms with Crippen LogP contribution in [0, 0.1) is 24.7 Å². The van der Waals surface area contributed by atoms with Gasteiger partial charge in [0.2, 0.25) is 0 Å². The molecule has 0 radical (unpaired) electrons. The zero-order chi connectivity index (χ0) is 55.8. The standard InChI is InChI=1S/C46H58N5O20P3S2/c1-8-47-34-18-36-32(15-26(34)3)41(33-16-27(4)35(48-9-2)19-37(33)68-36)30-13-12-28(17-31(30)44(54)55)42(52)49-23-46(5,6)76-75-25-65-14-10-11-29-21-51(45(56)50-43(29)53)40-20-38(66-24-64-7)39(69-40)22-67-73(60,61)71-74(62,63)70-72(57,58)59/h12-13,15-19,21,32,38-41,48H,8-9,14,20,22-25H2,1-7H3,(H,49,52)(H,54,55)(H,60,61)(H,62,63)(H,50,53,56)(H2,57,58,59)/b47-34-/t32?,38-,39?,40-,41?/m1/s1. The molecular formula is C46H58N5O20P3S2. The second-order valence-corrected chi connectivity index (χ2v) is 25.1. The minimum absolute atomic E-state index is 0.00939. The number of nitrogens with zero attached hydrogens (tertiary/aromatic N) is 2. The number of fused-ring (bicyclic) bond motifs is 2. The molecule has 1 aliphatic carbocycles. The highest BCUT2D eigenvalue weighted by Gasteiger charge is 2.44. The van der Waals surface area contributed by atoms with Crippen molar-refractivity contribution >= 4 is 68.3 Å². The van der Waals surface area contributed by atoms with Gasteiger partial charge in [0.15, 0.2) is 0 Å². The van der Waals surface area contributed by atoms with E-state index in [0.29, 0.717) is 30.2 Å². The van der Waals surface area contributed by atoms with Crippen molar-refractivity contribution in [3.05, 3.63) is 114 Å². The van der Waals surface area contributed by atoms with Crippen LogP contribution in [0.15, 0.2) is 74.6 Å². The van der Waals surface area contributed by atoms with E-state index in [1.54, 1.807) is 12.1 Å². The van der Waals surface area contributed by atoms with Gasteiger partial charge in [0, 0.05) is 84.9 Å². The Morgan fingerprint density at radius 3 is 2.47 bits per heavy atom. The molecule has 1 saturated heterocycles. The van der Waals surface area contributed by atoms with Crippen LogP contribution in [0.2, 0.25) is 0 Å². The van der Waals surface area contributed by atoms with Crippen molar-refractivity contribution in [2.24, 2.45) is 10.9 Å². The number of aromatic nitrogens is 2. The molecule has 2 aliphatic heterocycles. The van der Waals surface area contributed by atoms with Crippen molar-refractivity contribution in [1.29, 1.82) is 0 Å². The number of carboxylic acid groups (broad SMARTS) is 1. The number of aromatic amines is 1. The van der Waals surface area contributed by atoms with Crippen molar-refractivity contribution in [1.82, 2.24) is 14.9 Å². The molecule has 5 unspecified atom stereocenters. The molecule has 1 amide bonds. The number of hydrogen-bond acceptors (Lipinski definition) is 19. The van der Waals surface area contributed by atoms with Gasteiger partial charge in [-0.2, -0.15) is 8.62 Å². The highest BCUT2D eigenvalue weighted by Crippen LogP contribution is 2.66. The third-order valence-electron chi connectivity index (χ3n) is 11.5. The minimum Gasteiger partial charge on any atom is -0.478 e. The van der Waals surface area contributed by atoms with E-state index in [4.69, 9.17) is 38.0 Å². The number of nitrogens with one attached hydrogen (secondary N) is 3. The first-order valence-corrected chi connectivity index (χ1v) is 30.0. The quantitative estimate of drug-likeness (QED) is 0.0169. The predicted molar refractivity (Wildman–Crippen MR) is 280 cm³/mol. The maximum Gasteiger partial charge on any atom is 0.490 e. The Morgan fingerprint density at radius 1 is 1.04 bits per heavy atom. The Labute approximate surface area is 444 Å². The van der Waals surface area contributed by atoms with E-state index in [9.17, 15) is 47.8 Å². The summed E-state index contributed by atoms with van der Waals surface area (Å²) in [7, 11) is -12.9. The molecular weight excluding hydrogens is 1100 g/mol. The number of rotatable bonds is 24. The third kappa shape index (κ3) is 16.2. The summed E-state index contributed by atoms with van der Waals surface area (Å²) in [6.45, 7) is 11.9. The summed E-state index contributed by atoms with van der Waals surface area (Å²) in [6, 6.07) is 8.71. The average molecular weight is 1160 g/mol. The molecule has 25 nitrogen and oxygen atoms in total. The maximum atomic E-state index is 13.6. The number of methoxy groups -OCH3 is 1. The summed E-state index contributed by atoms with van der Waals surface area (Å²) in [5.74, 6) is 4.31. The average Bonchev–Trinajstić information content (AvgIpc) is 3.73. The molecule has 8 N–H and O–H groups in total. The molecule has 1 aromatic heterocycles. The fourth-order valence-electron chi connectivity index (χ4n) is 8.22. The fourth-order valence-corrected chi connectivity index (χ4v) is 13.4. The normalized spacial score (nSPS) is 21.4. The second-order valence-electron chi connectivity index (χ2n) is 17.7. The lowest BCUT2D eigenvalue weighted by Gasteiger charge is -2.37. The lowest BCUT2D eigenvalue weighted by molar-refractivity contribution is -0.107. The van der Waals surface area contributed by atoms with Crippen LogP contribution in [-0.2, 0) is 45.8 Å². The molecule has 3 heterocycles. The van der Waals surface area contributed by atoms with Gasteiger partial charge in [-0.3, -0.25) is 28.7 Å². The number of ether oxygens (including phenoxy) is 5. The van der Waals surface area contributed by atoms with Crippen LogP contribution >= 0.6 is 45.1 Å². The molecule has 30 heteroatoms. The Bertz CT molecular complexity index is 3110. The first-order chi connectivity index (χ1) is 35.7. The number of anilines is 1. The van der Waals surface area contributed by atoms with Gasteiger partial charge in [-0.05, 0) is 76.4 Å². The summed E-state index contributed by atoms with van der Waals surface area (Å²) < 4.78 is 76.0. The van der Waals surface area contributed by atoms with Crippen LogP contribution in [0.5, 0.6) is 5.75 Å². The van der Waals surface area contributed by atoms with E-state index in [2.05, 4.69) is 47.1 Å². The first-order valence-electron chi connectivity index (χ1n) is 23.2. The molecule has 2 aromatic carbocycles. The Hall–Kier alpha value is -4.68. The van der Waals surface area contributed by atoms with Crippen molar-refractivity contribution in [2.75, 3.05) is 58.0 Å². The summed E-state index contributed by atoms with van der Waals surface area (Å²) in [5.41, 5.74) is 3.24. The summed E-state index contributed by atoms with van der Waals surface area (Å²) in [4.78, 5) is 95.9. The van der Waals surface area contributed by atoms with Crippen LogP contribution in [-0.4, -0.2) is 121 Å². The van der Waals surface area contributed by atoms with Crippen molar-refractivity contribution in [3.63, 3.8) is 0 Å². The lowest BCUT2D eigenvalue weighted by atomic mass is 9.73. The van der Waals surface area contributed by atoms with Crippen LogP contribution in [0.25, 0.3) is 0 Å². The van der Waals surface area contributed by atoms with Crippen LogP contribution in [0.3, 0.4) is 0 Å². The van der Waals surface area contributed by atoms with E-state index in [-0.39, 0.29) is 54.9 Å². The van der Waals surface area contributed by atoms with Gasteiger partial charge in [-0.25, -0.2) is 23.3 Å². The monoisotopic (exact) mass is 1160 g/mol. The number of aliphatic imine (C=N–C) groups is 1. The molecule has 7 atom stereocenters. The smallest absolute Gasteiger partial charge is 0.478 e. The molecule has 0 spiro atoms. The van der Waals surface area contributed by atoms with Crippen LogP contribution < -0.4 is 26.6 Å². The number of aryl methyl sites for hydroxylation is 1. The van der Waals surface area contributed by atoms with Crippen molar-refractivity contribution in [3.8, 4) is 17.6 Å². The lowest BCUT2D eigenvalue weighted by Crippen LogP contribution is -2.36. The molecule has 1 fully saturated rings. The van der Waals surface area contributed by atoms with E-state index < -0.39 is 82.3 Å². The Kier molecular flexibility index (Phi) is 20.6. The summed E-state index contributed by atoms with van der Waals surface area (Å²) in [6.07, 6.45) is 1.50. The highest BCUT2D eigenvalue weighted by molar-refractivity contribution is 8.77. The molecule has 414 valence electrons. The topological polar surface area (TPSA) is 352 Å². The van der Waals surface area contributed by atoms with E-state index >= 15 is 0 Å². The maximum absolute atomic E-state index is 13.6. The molecule has 3 aliphatic rings. The summed E-state index contributed by atoms with van der Waals surface area (Å²) in [5, 5.41) is 16.9. The molecule has 76 heavy (non-hydrogen) atoms. The number of phosphoric ester groups is 1. The van der Waals surface area contributed by atoms with E-state index in [1.807, 2.05) is 59.8 Å². The van der Waals surface area contributed by atoms with Gasteiger partial charge in [-0.15, -0.1) is 0 Å². The predicted octanol–water partition coefficient (Wildman–Crippen LogP) is 5.96. The molecule has 0 saturated carbocycles. The fraction of sp³-hybridized carbons (Fsp3) is 0.457. The number of aromatic carboxylic acids is 1. The largest absolute Gasteiger partial charge is 0.490 e. The number of benzene rings is 2.